The van der Waals surface area contributed by atoms with E-state index in [2.05, 4.69) is 30.4 Å². The molecule has 4 heteroatoms. The Balaban J connectivity index is 1.49. The number of rotatable bonds is 3. The van der Waals surface area contributed by atoms with Crippen molar-refractivity contribution in [3.05, 3.63) is 17.2 Å². The highest BCUT2D eigenvalue weighted by Crippen LogP contribution is 2.39. The van der Waals surface area contributed by atoms with Crippen molar-refractivity contribution >= 4 is 5.91 Å². The first-order valence-corrected chi connectivity index (χ1v) is 10.9. The predicted molar refractivity (Wildman–Crippen MR) is 104 cm³/mol. The Hall–Kier alpha value is -1.32. The van der Waals surface area contributed by atoms with Crippen LogP contribution in [-0.2, 0) is 24.7 Å². The molecule has 0 spiro atoms. The lowest BCUT2D eigenvalue weighted by atomic mass is 9.76. The number of hydrogen-bond donors (Lipinski definition) is 0. The van der Waals surface area contributed by atoms with Gasteiger partial charge in [-0.25, -0.2) is 4.98 Å². The largest absolute Gasteiger partial charge is 0.333 e. The Morgan fingerprint density at radius 3 is 2.46 bits per heavy atom. The van der Waals surface area contributed by atoms with Crippen molar-refractivity contribution in [2.45, 2.75) is 84.1 Å². The van der Waals surface area contributed by atoms with Crippen molar-refractivity contribution in [3.8, 4) is 0 Å². The van der Waals surface area contributed by atoms with E-state index in [0.717, 1.165) is 62.7 Å². The highest BCUT2D eigenvalue weighted by Gasteiger charge is 2.38. The summed E-state index contributed by atoms with van der Waals surface area (Å²) in [5.74, 6) is 3.38. The topological polar surface area (TPSA) is 38.1 Å². The maximum absolute atomic E-state index is 13.3. The molecule has 1 atom stereocenters. The van der Waals surface area contributed by atoms with Crippen LogP contribution in [0.4, 0.5) is 0 Å². The summed E-state index contributed by atoms with van der Waals surface area (Å²) in [4.78, 5) is 20.5. The summed E-state index contributed by atoms with van der Waals surface area (Å²) in [7, 11) is 2.17. The number of likely N-dealkylation sites (tertiary alicyclic amines) is 1. The van der Waals surface area contributed by atoms with Crippen molar-refractivity contribution < 1.29 is 4.79 Å². The molecule has 0 N–H and O–H groups in total. The molecule has 1 aliphatic heterocycles. The molecule has 3 aliphatic rings. The first kappa shape index (κ1) is 18.1. The molecule has 144 valence electrons. The number of carbonyl (C=O) groups is 1. The lowest BCUT2D eigenvalue weighted by molar-refractivity contribution is -0.138. The molecule has 2 aliphatic carbocycles. The van der Waals surface area contributed by atoms with E-state index < -0.39 is 0 Å². The Bertz CT molecular complexity index is 655. The zero-order chi connectivity index (χ0) is 18.3. The summed E-state index contributed by atoms with van der Waals surface area (Å²) in [6.07, 6.45) is 11.6. The van der Waals surface area contributed by atoms with Gasteiger partial charge < -0.3 is 9.47 Å². The summed E-state index contributed by atoms with van der Waals surface area (Å²) in [5, 5.41) is 0. The SMILES string of the molecule is CC(C)C1CCC(C(=O)N2CCC[C@@H]2c2nc3c(n2C)CCCC3)CC1. The number of nitrogens with zero attached hydrogens (tertiary/aromatic N) is 3. The van der Waals surface area contributed by atoms with Crippen molar-refractivity contribution in [1.82, 2.24) is 14.5 Å². The molecule has 1 amide bonds. The second-order valence-corrected chi connectivity index (χ2v) is 9.17. The monoisotopic (exact) mass is 357 g/mol. The molecule has 4 nitrogen and oxygen atoms in total. The summed E-state index contributed by atoms with van der Waals surface area (Å²) in [6, 6.07) is 0.209. The van der Waals surface area contributed by atoms with Crippen molar-refractivity contribution in [2.75, 3.05) is 6.54 Å². The number of amides is 1. The number of fused-ring (bicyclic) bond motifs is 1. The zero-order valence-electron chi connectivity index (χ0n) is 16.8. The van der Waals surface area contributed by atoms with Crippen LogP contribution >= 0.6 is 0 Å². The maximum Gasteiger partial charge on any atom is 0.226 e. The molecule has 0 aromatic carbocycles. The minimum absolute atomic E-state index is 0.209. The molecule has 1 aromatic heterocycles. The molecule has 0 bridgehead atoms. The molecule has 1 saturated carbocycles. The van der Waals surface area contributed by atoms with Crippen molar-refractivity contribution in [1.29, 1.82) is 0 Å². The van der Waals surface area contributed by atoms with E-state index in [0.29, 0.717) is 5.91 Å². The third-order valence-electron chi connectivity index (χ3n) is 7.31. The molecule has 4 rings (SSSR count). The van der Waals surface area contributed by atoms with E-state index in [1.54, 1.807) is 0 Å². The van der Waals surface area contributed by atoms with E-state index in [1.165, 1.54) is 37.1 Å². The number of aromatic nitrogens is 2. The normalized spacial score (nSPS) is 29.2. The third-order valence-corrected chi connectivity index (χ3v) is 7.31. The summed E-state index contributed by atoms with van der Waals surface area (Å²) >= 11 is 0. The second-order valence-electron chi connectivity index (χ2n) is 9.17. The molecule has 1 aromatic rings. The molecule has 26 heavy (non-hydrogen) atoms. The Morgan fingerprint density at radius 1 is 1.04 bits per heavy atom. The average Bonchev–Trinajstić information content (AvgIpc) is 3.26. The standard InChI is InChI=1S/C22H35N3O/c1-15(2)16-10-12-17(13-11-16)22(26)25-14-6-9-20(25)21-23-18-7-4-5-8-19(18)24(21)3/h15-17,20H,4-14H2,1-3H3/t16?,17?,20-/m1/s1. The third kappa shape index (κ3) is 3.20. The van der Waals surface area contributed by atoms with Gasteiger partial charge >= 0.3 is 0 Å². The van der Waals surface area contributed by atoms with Crippen LogP contribution in [0.3, 0.4) is 0 Å². The van der Waals surface area contributed by atoms with Gasteiger partial charge in [0.1, 0.15) is 5.82 Å². The van der Waals surface area contributed by atoms with E-state index in [9.17, 15) is 4.79 Å². The van der Waals surface area contributed by atoms with Crippen LogP contribution in [0, 0.1) is 17.8 Å². The number of hydrogen-bond acceptors (Lipinski definition) is 2. The fourth-order valence-electron chi connectivity index (χ4n) is 5.57. The van der Waals surface area contributed by atoms with Crippen LogP contribution in [0.1, 0.15) is 88.5 Å². The van der Waals surface area contributed by atoms with Gasteiger partial charge in [0.25, 0.3) is 0 Å². The minimum atomic E-state index is 0.209. The molecule has 2 fully saturated rings. The first-order chi connectivity index (χ1) is 12.6. The lowest BCUT2D eigenvalue weighted by Crippen LogP contribution is -2.38. The van der Waals surface area contributed by atoms with Crippen molar-refractivity contribution in [2.24, 2.45) is 24.8 Å². The van der Waals surface area contributed by atoms with Gasteiger partial charge in [-0.2, -0.15) is 0 Å². The fourth-order valence-corrected chi connectivity index (χ4v) is 5.57. The highest BCUT2D eigenvalue weighted by atomic mass is 16.2. The van der Waals surface area contributed by atoms with Crippen LogP contribution < -0.4 is 0 Å². The number of aryl methyl sites for hydroxylation is 1. The molecule has 0 radical (unpaired) electrons. The van der Waals surface area contributed by atoms with E-state index in [1.807, 2.05) is 0 Å². The van der Waals surface area contributed by atoms with Crippen LogP contribution in [0.5, 0.6) is 0 Å². The van der Waals surface area contributed by atoms with E-state index in [4.69, 9.17) is 4.98 Å². The van der Waals surface area contributed by atoms with Crippen LogP contribution in [-0.4, -0.2) is 26.9 Å². The van der Waals surface area contributed by atoms with E-state index in [-0.39, 0.29) is 12.0 Å². The average molecular weight is 358 g/mol. The van der Waals surface area contributed by atoms with Gasteiger partial charge in [0.15, 0.2) is 0 Å². The summed E-state index contributed by atoms with van der Waals surface area (Å²) < 4.78 is 2.32. The van der Waals surface area contributed by atoms with E-state index >= 15 is 0 Å². The molecule has 1 saturated heterocycles. The van der Waals surface area contributed by atoms with Crippen LogP contribution in [0.25, 0.3) is 0 Å². The molecular formula is C22H35N3O. The van der Waals surface area contributed by atoms with Gasteiger partial charge in [-0.1, -0.05) is 13.8 Å². The fraction of sp³-hybridized carbons (Fsp3) is 0.818. The number of carbonyl (C=O) groups excluding carboxylic acids is 1. The van der Waals surface area contributed by atoms with Gasteiger partial charge in [0.2, 0.25) is 5.91 Å². The van der Waals surface area contributed by atoms with Crippen LogP contribution in [0.15, 0.2) is 0 Å². The van der Waals surface area contributed by atoms with Gasteiger partial charge in [-0.15, -0.1) is 0 Å². The van der Waals surface area contributed by atoms with Crippen LogP contribution in [0.2, 0.25) is 0 Å². The zero-order valence-corrected chi connectivity index (χ0v) is 16.8. The summed E-state index contributed by atoms with van der Waals surface area (Å²) in [6.45, 7) is 5.57. The second kappa shape index (κ2) is 7.36. The Morgan fingerprint density at radius 2 is 1.77 bits per heavy atom. The Labute approximate surface area is 158 Å². The predicted octanol–water partition coefficient (Wildman–Crippen LogP) is 4.42. The van der Waals surface area contributed by atoms with Gasteiger partial charge in [0.05, 0.1) is 11.7 Å². The van der Waals surface area contributed by atoms with Crippen molar-refractivity contribution in [3.63, 3.8) is 0 Å². The molecule has 2 heterocycles. The van der Waals surface area contributed by atoms with Gasteiger partial charge in [0, 0.05) is 25.2 Å². The maximum atomic E-state index is 13.3. The summed E-state index contributed by atoms with van der Waals surface area (Å²) in [5.41, 5.74) is 2.72. The quantitative estimate of drug-likeness (QED) is 0.803. The highest BCUT2D eigenvalue weighted by molar-refractivity contribution is 5.79. The molecular weight excluding hydrogens is 322 g/mol. The minimum Gasteiger partial charge on any atom is -0.333 e. The first-order valence-electron chi connectivity index (χ1n) is 10.9. The van der Waals surface area contributed by atoms with Gasteiger partial charge in [-0.05, 0) is 76.0 Å². The smallest absolute Gasteiger partial charge is 0.226 e. The number of imidazole rings is 1. The molecule has 0 unspecified atom stereocenters. The van der Waals surface area contributed by atoms with Gasteiger partial charge in [-0.3, -0.25) is 4.79 Å². The lowest BCUT2D eigenvalue weighted by Gasteiger charge is -2.34. The Kier molecular flexibility index (Phi) is 5.11.